The fourth-order valence-corrected chi connectivity index (χ4v) is 6.85. The number of carboxylic acids is 1. The van der Waals surface area contributed by atoms with Gasteiger partial charge in [0, 0.05) is 17.0 Å². The Morgan fingerprint density at radius 2 is 2.13 bits per heavy atom. The van der Waals surface area contributed by atoms with E-state index in [1.807, 2.05) is 13.8 Å². The Labute approximate surface area is 177 Å². The number of phenols is 1. The van der Waals surface area contributed by atoms with Gasteiger partial charge in [-0.05, 0) is 63.1 Å². The van der Waals surface area contributed by atoms with Gasteiger partial charge in [-0.1, -0.05) is 13.8 Å². The molecular formula is C23H32N2O5. The topological polar surface area (TPSA) is 91.3 Å². The highest BCUT2D eigenvalue weighted by Crippen LogP contribution is 2.66. The molecule has 1 spiro atoms. The molecule has 5 rings (SSSR count). The lowest BCUT2D eigenvalue weighted by Gasteiger charge is -2.57. The normalized spacial score (nSPS) is 32.4. The number of ether oxygens (including phenoxy) is 2. The third-order valence-electron chi connectivity index (χ3n) is 8.19. The molecule has 2 aliphatic heterocycles. The molecule has 4 aliphatic rings. The van der Waals surface area contributed by atoms with E-state index in [1.165, 1.54) is 13.5 Å². The highest BCUT2D eigenvalue weighted by atomic mass is 16.5. The first-order valence-electron chi connectivity index (χ1n) is 11.1. The fourth-order valence-electron chi connectivity index (χ4n) is 6.85. The molecule has 2 fully saturated rings. The van der Waals surface area contributed by atoms with Gasteiger partial charge in [0.25, 0.3) is 0 Å². The summed E-state index contributed by atoms with van der Waals surface area (Å²) in [6, 6.07) is -0.384. The molecule has 7 heteroatoms. The first-order valence-corrected chi connectivity index (χ1v) is 11.1. The van der Waals surface area contributed by atoms with Crippen LogP contribution in [0.25, 0.3) is 0 Å². The Kier molecular flexibility index (Phi) is 4.40. The van der Waals surface area contributed by atoms with Gasteiger partial charge in [-0.15, -0.1) is 0 Å². The maximum atomic E-state index is 11.9. The predicted octanol–water partition coefficient (Wildman–Crippen LogP) is 2.98. The molecule has 1 saturated carbocycles. The number of likely N-dealkylation sites (N-methyl/N-ethyl adjacent to an activating group) is 1. The zero-order valence-corrected chi connectivity index (χ0v) is 18.2. The van der Waals surface area contributed by atoms with E-state index < -0.39 is 12.0 Å². The molecule has 7 nitrogen and oxygen atoms in total. The lowest BCUT2D eigenvalue weighted by molar-refractivity contribution is -0.138. The standard InChI is InChI=1S/C23H32N2O5/c1-11(2)17(22(27)28)24-18-12-10-14-13-6-5-7-15-23(13,8-9-25(14)3)16(12)20(30-15)19(26)21(18)29-4/h11,13-15,17,24,26H,5-10H2,1-4H3,(H,27,28)/t13-,14+,15-,17-,23+/m0/s1. The summed E-state index contributed by atoms with van der Waals surface area (Å²) >= 11 is 0. The van der Waals surface area contributed by atoms with Crippen molar-refractivity contribution < 1.29 is 24.5 Å². The molecule has 0 amide bonds. The Morgan fingerprint density at radius 3 is 2.80 bits per heavy atom. The minimum atomic E-state index is -0.907. The number of methoxy groups -OCH3 is 1. The summed E-state index contributed by atoms with van der Waals surface area (Å²) in [5.41, 5.74) is 2.73. The molecule has 2 aliphatic carbocycles. The molecule has 0 aromatic heterocycles. The van der Waals surface area contributed by atoms with Crippen molar-refractivity contribution in [2.45, 2.75) is 69.6 Å². The molecule has 164 valence electrons. The molecule has 1 saturated heterocycles. The van der Waals surface area contributed by atoms with Crippen LogP contribution in [0, 0.1) is 11.8 Å². The quantitative estimate of drug-likeness (QED) is 0.680. The van der Waals surface area contributed by atoms with Gasteiger partial charge in [-0.2, -0.15) is 0 Å². The molecule has 0 unspecified atom stereocenters. The third kappa shape index (κ3) is 2.38. The highest BCUT2D eigenvalue weighted by Gasteiger charge is 2.64. The van der Waals surface area contributed by atoms with Gasteiger partial charge in [0.05, 0.1) is 12.8 Å². The fraction of sp³-hybridized carbons (Fsp3) is 0.696. The molecule has 2 heterocycles. The first kappa shape index (κ1) is 19.8. The van der Waals surface area contributed by atoms with Gasteiger partial charge in [-0.25, -0.2) is 4.79 Å². The van der Waals surface area contributed by atoms with Crippen molar-refractivity contribution in [2.24, 2.45) is 11.8 Å². The van der Waals surface area contributed by atoms with Crippen molar-refractivity contribution in [3.05, 3.63) is 11.1 Å². The maximum Gasteiger partial charge on any atom is 0.326 e. The van der Waals surface area contributed by atoms with E-state index >= 15 is 0 Å². The average molecular weight is 417 g/mol. The van der Waals surface area contributed by atoms with E-state index in [-0.39, 0.29) is 23.2 Å². The summed E-state index contributed by atoms with van der Waals surface area (Å²) in [5, 5.41) is 24.2. The first-order chi connectivity index (χ1) is 14.3. The monoisotopic (exact) mass is 416 g/mol. The number of aliphatic carboxylic acids is 1. The number of hydrogen-bond acceptors (Lipinski definition) is 6. The summed E-state index contributed by atoms with van der Waals surface area (Å²) in [4.78, 5) is 14.4. The molecule has 1 aromatic carbocycles. The molecule has 3 N–H and O–H groups in total. The molecule has 1 aromatic rings. The Bertz CT molecular complexity index is 900. The van der Waals surface area contributed by atoms with Crippen LogP contribution in [-0.2, 0) is 16.6 Å². The number of nitrogens with one attached hydrogen (secondary N) is 1. The van der Waals surface area contributed by atoms with Gasteiger partial charge in [-0.3, -0.25) is 0 Å². The number of carbonyl (C=O) groups is 1. The molecule has 2 bridgehead atoms. The van der Waals surface area contributed by atoms with E-state index in [1.54, 1.807) is 0 Å². The zero-order valence-electron chi connectivity index (χ0n) is 18.2. The second-order valence-corrected chi connectivity index (χ2v) is 9.83. The molecule has 0 radical (unpaired) electrons. The number of likely N-dealkylation sites (tertiary alicyclic amines) is 1. The second-order valence-electron chi connectivity index (χ2n) is 9.83. The number of aromatic hydroxyl groups is 1. The van der Waals surface area contributed by atoms with E-state index in [0.29, 0.717) is 29.1 Å². The van der Waals surface area contributed by atoms with Crippen LogP contribution in [0.1, 0.15) is 50.7 Å². The van der Waals surface area contributed by atoms with Crippen molar-refractivity contribution in [2.75, 3.05) is 26.0 Å². The smallest absolute Gasteiger partial charge is 0.326 e. The van der Waals surface area contributed by atoms with E-state index in [4.69, 9.17) is 9.47 Å². The van der Waals surface area contributed by atoms with E-state index in [2.05, 4.69) is 17.3 Å². The number of benzene rings is 1. The maximum absolute atomic E-state index is 11.9. The molecule has 5 atom stereocenters. The number of anilines is 1. The van der Waals surface area contributed by atoms with Gasteiger partial charge >= 0.3 is 5.97 Å². The highest BCUT2D eigenvalue weighted by molar-refractivity contribution is 5.84. The van der Waals surface area contributed by atoms with Crippen LogP contribution in [0.2, 0.25) is 0 Å². The largest absolute Gasteiger partial charge is 0.502 e. The Balaban J connectivity index is 1.75. The second kappa shape index (κ2) is 6.67. The number of rotatable bonds is 5. The van der Waals surface area contributed by atoms with Crippen LogP contribution in [0.15, 0.2) is 0 Å². The summed E-state index contributed by atoms with van der Waals surface area (Å²) in [6.45, 7) is 4.78. The summed E-state index contributed by atoms with van der Waals surface area (Å²) in [5.74, 6) is 0.352. The Morgan fingerprint density at radius 1 is 1.37 bits per heavy atom. The lowest BCUT2D eigenvalue weighted by atomic mass is 9.52. The lowest BCUT2D eigenvalue weighted by Crippen LogP contribution is -2.63. The van der Waals surface area contributed by atoms with Gasteiger partial charge in [0.2, 0.25) is 5.75 Å². The van der Waals surface area contributed by atoms with Crippen molar-refractivity contribution >= 4 is 11.7 Å². The number of piperidine rings is 1. The van der Waals surface area contributed by atoms with Crippen molar-refractivity contribution in [3.8, 4) is 17.2 Å². The zero-order chi connectivity index (χ0) is 21.4. The van der Waals surface area contributed by atoms with Crippen LogP contribution in [-0.4, -0.2) is 60.0 Å². The van der Waals surface area contributed by atoms with Crippen LogP contribution in [0.3, 0.4) is 0 Å². The van der Waals surface area contributed by atoms with E-state index in [9.17, 15) is 15.0 Å². The van der Waals surface area contributed by atoms with Gasteiger partial charge in [0.1, 0.15) is 12.1 Å². The Hall–Kier alpha value is -2.15. The van der Waals surface area contributed by atoms with Crippen molar-refractivity contribution in [1.29, 1.82) is 0 Å². The van der Waals surface area contributed by atoms with Gasteiger partial charge < -0.3 is 29.9 Å². The summed E-state index contributed by atoms with van der Waals surface area (Å²) in [6.07, 6.45) is 5.20. The minimum absolute atomic E-state index is 0.00606. The van der Waals surface area contributed by atoms with E-state index in [0.717, 1.165) is 43.4 Å². The van der Waals surface area contributed by atoms with Crippen molar-refractivity contribution in [3.63, 3.8) is 0 Å². The predicted molar refractivity (Wildman–Crippen MR) is 113 cm³/mol. The third-order valence-corrected chi connectivity index (χ3v) is 8.19. The number of phenolic OH excluding ortho intramolecular Hbond substituents is 1. The van der Waals surface area contributed by atoms with Crippen LogP contribution >= 0.6 is 0 Å². The van der Waals surface area contributed by atoms with Crippen LogP contribution in [0.4, 0.5) is 5.69 Å². The van der Waals surface area contributed by atoms with Crippen LogP contribution < -0.4 is 14.8 Å². The van der Waals surface area contributed by atoms with Gasteiger partial charge in [0.15, 0.2) is 11.5 Å². The number of carboxylic acid groups (broad SMARTS) is 1. The average Bonchev–Trinajstić information content (AvgIpc) is 3.04. The van der Waals surface area contributed by atoms with Crippen LogP contribution in [0.5, 0.6) is 17.2 Å². The molecule has 30 heavy (non-hydrogen) atoms. The SMILES string of the molecule is COc1c(O)c2c3c(c1N[C@H](C(=O)O)C(C)C)C[C@@H]1[C@@H]4CCC[C@H](O2)[C@]34CCN1C. The number of nitrogens with zero attached hydrogens (tertiary/aromatic N) is 1. The minimum Gasteiger partial charge on any atom is -0.502 e. The summed E-state index contributed by atoms with van der Waals surface area (Å²) in [7, 11) is 3.71. The summed E-state index contributed by atoms with van der Waals surface area (Å²) < 4.78 is 12.1. The van der Waals surface area contributed by atoms with Crippen molar-refractivity contribution in [1.82, 2.24) is 4.90 Å². The molecular weight excluding hydrogens is 384 g/mol. The number of hydrogen-bond donors (Lipinski definition) is 3.